The maximum absolute atomic E-state index is 12.4. The number of Topliss-reactive ketones (excluding diaryl/α,β-unsaturated/α-hetero) is 1. The van der Waals surface area contributed by atoms with Crippen LogP contribution in [0.4, 0.5) is 5.69 Å². The first-order chi connectivity index (χ1) is 13.5. The van der Waals surface area contributed by atoms with E-state index in [-0.39, 0.29) is 11.7 Å². The van der Waals surface area contributed by atoms with Gasteiger partial charge in [-0.3, -0.25) is 14.5 Å². The first-order valence-corrected chi connectivity index (χ1v) is 10.2. The predicted octanol–water partition coefficient (Wildman–Crippen LogP) is 0.280. The number of ketones is 1. The van der Waals surface area contributed by atoms with Crippen molar-refractivity contribution in [3.8, 4) is 0 Å². The minimum absolute atomic E-state index is 0.371. The first kappa shape index (κ1) is 18.8. The van der Waals surface area contributed by atoms with Gasteiger partial charge in [0.15, 0.2) is 6.67 Å². The van der Waals surface area contributed by atoms with Gasteiger partial charge in [-0.15, -0.1) is 0 Å². The summed E-state index contributed by atoms with van der Waals surface area (Å²) in [4.78, 5) is 29.2. The number of hydrogen-bond donors (Lipinski definition) is 2. The van der Waals surface area contributed by atoms with Gasteiger partial charge in [0.05, 0.1) is 11.3 Å². The van der Waals surface area contributed by atoms with Crippen molar-refractivity contribution < 1.29 is 19.4 Å². The number of piperazine rings is 1. The Morgan fingerprint density at radius 2 is 1.54 bits per heavy atom. The van der Waals surface area contributed by atoms with E-state index in [4.69, 9.17) is 0 Å². The Balaban J connectivity index is 1.32. The van der Waals surface area contributed by atoms with Gasteiger partial charge in [0.25, 0.3) is 5.78 Å². The lowest BCUT2D eigenvalue weighted by molar-refractivity contribution is -1.02. The van der Waals surface area contributed by atoms with Crippen LogP contribution < -0.4 is 14.7 Å². The molecule has 2 aromatic rings. The topological polar surface area (TPSA) is 46.3 Å². The van der Waals surface area contributed by atoms with E-state index in [1.807, 2.05) is 18.2 Å². The molecule has 1 fully saturated rings. The summed E-state index contributed by atoms with van der Waals surface area (Å²) in [5.41, 5.74) is 4.08. The molecule has 0 aliphatic carbocycles. The lowest BCUT2D eigenvalue weighted by Crippen LogP contribution is -3.28. The van der Waals surface area contributed by atoms with E-state index < -0.39 is 0 Å². The predicted molar refractivity (Wildman–Crippen MR) is 109 cm³/mol. The van der Waals surface area contributed by atoms with Gasteiger partial charge in [0, 0.05) is 5.56 Å². The minimum Gasteiger partial charge on any atom is -0.322 e. The smallest absolute Gasteiger partial charge is 0.303 e. The van der Waals surface area contributed by atoms with Crippen molar-refractivity contribution in [3.05, 3.63) is 65.2 Å². The number of quaternary nitrogens is 2. The molecule has 0 unspecified atom stereocenters. The summed E-state index contributed by atoms with van der Waals surface area (Å²) in [6, 6.07) is 16.3. The minimum atomic E-state index is -0.381. The number of carbonyl (C=O) groups excluding carboxylic acids is 2. The third-order valence-corrected chi connectivity index (χ3v) is 6.03. The van der Waals surface area contributed by atoms with Crippen molar-refractivity contribution in [2.75, 3.05) is 37.7 Å². The molecule has 146 valence electrons. The molecule has 4 rings (SSSR count). The van der Waals surface area contributed by atoms with E-state index in [0.717, 1.165) is 38.4 Å². The lowest BCUT2D eigenvalue weighted by atomic mass is 10.0. The molecule has 0 bridgehead atoms. The van der Waals surface area contributed by atoms with Crippen LogP contribution in [0.15, 0.2) is 48.5 Å². The van der Waals surface area contributed by atoms with Crippen molar-refractivity contribution in [2.45, 2.75) is 26.3 Å². The third-order valence-electron chi connectivity index (χ3n) is 6.03. The molecule has 2 aliphatic heterocycles. The van der Waals surface area contributed by atoms with E-state index in [1.165, 1.54) is 16.0 Å². The van der Waals surface area contributed by atoms with Gasteiger partial charge in [-0.2, -0.15) is 0 Å². The maximum Gasteiger partial charge on any atom is 0.303 e. The highest BCUT2D eigenvalue weighted by molar-refractivity contribution is 6.52. The number of amides is 1. The standard InChI is InChI=1S/C23H27N3O2/c1-17(2)19-9-7-18(8-10-19)15-24-11-13-25(14-12-24)16-26-21-6-4-3-5-20(21)22(27)23(26)28/h3-10,17H,11-16H2,1-2H3/p+2. The number of para-hydroxylation sites is 1. The summed E-state index contributed by atoms with van der Waals surface area (Å²) in [5.74, 6) is -0.184. The largest absolute Gasteiger partial charge is 0.322 e. The molecule has 1 saturated heterocycles. The zero-order valence-electron chi connectivity index (χ0n) is 16.7. The summed E-state index contributed by atoms with van der Waals surface area (Å²) < 4.78 is 0. The van der Waals surface area contributed by atoms with Crippen molar-refractivity contribution in [2.24, 2.45) is 0 Å². The van der Waals surface area contributed by atoms with Crippen LogP contribution in [-0.2, 0) is 11.3 Å². The van der Waals surface area contributed by atoms with E-state index in [1.54, 1.807) is 15.9 Å². The van der Waals surface area contributed by atoms with Crippen LogP contribution in [0.25, 0.3) is 0 Å². The number of anilines is 1. The monoisotopic (exact) mass is 379 g/mol. The molecule has 0 radical (unpaired) electrons. The number of carbonyl (C=O) groups is 2. The highest BCUT2D eigenvalue weighted by atomic mass is 16.2. The molecule has 0 spiro atoms. The average molecular weight is 380 g/mol. The summed E-state index contributed by atoms with van der Waals surface area (Å²) >= 11 is 0. The van der Waals surface area contributed by atoms with Gasteiger partial charge in [0.1, 0.15) is 32.7 Å². The highest BCUT2D eigenvalue weighted by Crippen LogP contribution is 2.27. The van der Waals surface area contributed by atoms with E-state index >= 15 is 0 Å². The van der Waals surface area contributed by atoms with Gasteiger partial charge in [-0.1, -0.05) is 50.2 Å². The molecule has 2 aliphatic rings. The molecular formula is C23H29N3O2+2. The SMILES string of the molecule is CC(C)c1ccc(C[NH+]2CC[NH+](CN3C(=O)C(=O)c4ccccc43)CC2)cc1. The number of nitrogens with zero attached hydrogens (tertiary/aromatic N) is 1. The second-order valence-electron chi connectivity index (χ2n) is 8.31. The van der Waals surface area contributed by atoms with Gasteiger partial charge >= 0.3 is 5.91 Å². The Morgan fingerprint density at radius 1 is 0.893 bits per heavy atom. The fourth-order valence-corrected chi connectivity index (χ4v) is 4.23. The normalized spacial score (nSPS) is 22.0. The van der Waals surface area contributed by atoms with Crippen LogP contribution in [0.5, 0.6) is 0 Å². The Labute approximate surface area is 166 Å². The first-order valence-electron chi connectivity index (χ1n) is 10.2. The average Bonchev–Trinajstić information content (AvgIpc) is 2.95. The van der Waals surface area contributed by atoms with Crippen LogP contribution >= 0.6 is 0 Å². The Morgan fingerprint density at radius 3 is 2.21 bits per heavy atom. The molecule has 2 N–H and O–H groups in total. The third kappa shape index (κ3) is 3.73. The molecule has 28 heavy (non-hydrogen) atoms. The molecular weight excluding hydrogens is 350 g/mol. The Kier molecular flexibility index (Phi) is 5.29. The van der Waals surface area contributed by atoms with E-state index in [2.05, 4.69) is 38.1 Å². The van der Waals surface area contributed by atoms with Gasteiger partial charge in [-0.25, -0.2) is 0 Å². The fraction of sp³-hybridized carbons (Fsp3) is 0.391. The van der Waals surface area contributed by atoms with Crippen LogP contribution in [0, 0.1) is 0 Å². The quantitative estimate of drug-likeness (QED) is 0.733. The number of hydrogen-bond acceptors (Lipinski definition) is 2. The summed E-state index contributed by atoms with van der Waals surface area (Å²) in [5, 5.41) is 0. The second kappa shape index (κ2) is 7.86. The highest BCUT2D eigenvalue weighted by Gasteiger charge is 2.38. The van der Waals surface area contributed by atoms with Crippen LogP contribution in [-0.4, -0.2) is 44.5 Å². The van der Waals surface area contributed by atoms with Gasteiger partial charge in [0.2, 0.25) is 0 Å². The molecule has 0 atom stereocenters. The number of nitrogens with one attached hydrogen (secondary N) is 2. The maximum atomic E-state index is 12.4. The van der Waals surface area contributed by atoms with Crippen molar-refractivity contribution in [1.82, 2.24) is 0 Å². The van der Waals surface area contributed by atoms with Gasteiger partial charge in [-0.05, 0) is 23.6 Å². The number of rotatable bonds is 5. The van der Waals surface area contributed by atoms with E-state index in [9.17, 15) is 9.59 Å². The van der Waals surface area contributed by atoms with Crippen LogP contribution in [0.1, 0.15) is 41.3 Å². The fourth-order valence-electron chi connectivity index (χ4n) is 4.23. The van der Waals surface area contributed by atoms with Crippen molar-refractivity contribution in [1.29, 1.82) is 0 Å². The molecule has 2 aromatic carbocycles. The summed E-state index contributed by atoms with van der Waals surface area (Å²) in [7, 11) is 0. The van der Waals surface area contributed by atoms with Crippen LogP contribution in [0.3, 0.4) is 0 Å². The van der Waals surface area contributed by atoms with E-state index in [0.29, 0.717) is 18.2 Å². The van der Waals surface area contributed by atoms with Crippen molar-refractivity contribution >= 4 is 17.4 Å². The summed E-state index contributed by atoms with van der Waals surface area (Å²) in [6.07, 6.45) is 0. The zero-order chi connectivity index (χ0) is 19.7. The Hall–Kier alpha value is -2.50. The molecule has 0 saturated carbocycles. The number of benzene rings is 2. The zero-order valence-corrected chi connectivity index (χ0v) is 16.7. The summed E-state index contributed by atoms with van der Waals surface area (Å²) in [6.45, 7) is 10.3. The molecule has 5 nitrogen and oxygen atoms in total. The molecule has 5 heteroatoms. The van der Waals surface area contributed by atoms with Gasteiger partial charge < -0.3 is 9.80 Å². The molecule has 2 heterocycles. The van der Waals surface area contributed by atoms with Crippen LogP contribution in [0.2, 0.25) is 0 Å². The molecule has 1 amide bonds. The molecule has 0 aromatic heterocycles. The number of fused-ring (bicyclic) bond motifs is 1. The lowest BCUT2D eigenvalue weighted by Gasteiger charge is -2.32. The second-order valence-corrected chi connectivity index (χ2v) is 8.31. The Bertz CT molecular complexity index is 868. The van der Waals surface area contributed by atoms with Crippen molar-refractivity contribution in [3.63, 3.8) is 0 Å².